The van der Waals surface area contributed by atoms with E-state index in [1.165, 1.54) is 0 Å². The Balaban J connectivity index is 1.92. The lowest BCUT2D eigenvalue weighted by Gasteiger charge is -2.23. The summed E-state index contributed by atoms with van der Waals surface area (Å²) in [7, 11) is 1.66. The van der Waals surface area contributed by atoms with Crippen molar-refractivity contribution < 1.29 is 9.53 Å². The molecule has 1 saturated carbocycles. The first kappa shape index (κ1) is 12.2. The van der Waals surface area contributed by atoms with Crippen LogP contribution in [0.2, 0.25) is 0 Å². The lowest BCUT2D eigenvalue weighted by atomic mass is 10.0. The molecule has 5 nitrogen and oxygen atoms in total. The summed E-state index contributed by atoms with van der Waals surface area (Å²) in [6, 6.07) is 7.80. The van der Waals surface area contributed by atoms with Gasteiger partial charge in [-0.15, -0.1) is 0 Å². The summed E-state index contributed by atoms with van der Waals surface area (Å²) in [5.74, 6) is 0.270. The Hall–Kier alpha value is -1.88. The van der Waals surface area contributed by atoms with Gasteiger partial charge in [0.2, 0.25) is 0 Å². The molecule has 2 N–H and O–H groups in total. The number of urea groups is 1. The molecule has 1 aromatic carbocycles. The summed E-state index contributed by atoms with van der Waals surface area (Å²) in [5, 5.41) is 10.6. The summed E-state index contributed by atoms with van der Waals surface area (Å²) in [4.78, 5) is 13.7. The van der Waals surface area contributed by atoms with E-state index in [4.69, 9.17) is 10.1 Å². The molecule has 0 aromatic heterocycles. The van der Waals surface area contributed by atoms with Gasteiger partial charge in [-0.25, -0.2) is 4.79 Å². The number of benzene rings is 1. The first-order valence-electron chi connectivity index (χ1n) is 6.46. The van der Waals surface area contributed by atoms with Crippen LogP contribution < -0.4 is 5.32 Å². The van der Waals surface area contributed by atoms with Crippen LogP contribution in [0.3, 0.4) is 0 Å². The number of carbonyl (C=O) groups is 1. The second-order valence-corrected chi connectivity index (χ2v) is 5.06. The zero-order valence-corrected chi connectivity index (χ0v) is 10.8. The minimum absolute atomic E-state index is 0.144. The lowest BCUT2D eigenvalue weighted by molar-refractivity contribution is 0.184. The Morgan fingerprint density at radius 2 is 2.26 bits per heavy atom. The Bertz CT molecular complexity index is 525. The van der Waals surface area contributed by atoms with Crippen LogP contribution in [0.5, 0.6) is 0 Å². The maximum atomic E-state index is 11.9. The summed E-state index contributed by atoms with van der Waals surface area (Å²) in [6.07, 6.45) is 2.07. The van der Waals surface area contributed by atoms with Gasteiger partial charge < -0.3 is 9.64 Å². The first-order chi connectivity index (χ1) is 9.20. The second-order valence-electron chi connectivity index (χ2n) is 5.06. The highest BCUT2D eigenvalue weighted by molar-refractivity contribution is 6.06. The van der Waals surface area contributed by atoms with Crippen molar-refractivity contribution in [3.05, 3.63) is 35.4 Å². The molecule has 19 heavy (non-hydrogen) atoms. The third-order valence-corrected chi connectivity index (χ3v) is 3.55. The Labute approximate surface area is 112 Å². The van der Waals surface area contributed by atoms with Gasteiger partial charge in [0.1, 0.15) is 11.9 Å². The highest BCUT2D eigenvalue weighted by Gasteiger charge is 2.45. The summed E-state index contributed by atoms with van der Waals surface area (Å²) in [6.45, 7) is 0.540. The number of ether oxygens (including phenoxy) is 1. The predicted octanol–water partition coefficient (Wildman–Crippen LogP) is 2.04. The van der Waals surface area contributed by atoms with Gasteiger partial charge in [-0.2, -0.15) is 0 Å². The van der Waals surface area contributed by atoms with Gasteiger partial charge in [-0.3, -0.25) is 10.7 Å². The van der Waals surface area contributed by atoms with E-state index in [2.05, 4.69) is 5.32 Å². The molecule has 1 atom stereocenters. The maximum Gasteiger partial charge on any atom is 0.323 e. The van der Waals surface area contributed by atoms with E-state index in [-0.39, 0.29) is 17.9 Å². The number of nitrogens with one attached hydrogen (secondary N) is 2. The zero-order chi connectivity index (χ0) is 13.4. The van der Waals surface area contributed by atoms with Crippen molar-refractivity contribution in [2.75, 3.05) is 7.11 Å². The van der Waals surface area contributed by atoms with E-state index < -0.39 is 0 Å². The fourth-order valence-corrected chi connectivity index (χ4v) is 2.58. The number of hydrogen-bond donors (Lipinski definition) is 2. The standard InChI is InChI=1S/C14H17N3O2/c1-19-8-9-3-2-4-10(7-9)12-13(15)16-14(18)17(12)11-5-6-11/h2-4,7,11-12H,5-6,8H2,1H3,(H2,15,16,18). The highest BCUT2D eigenvalue weighted by atomic mass is 16.5. The molecular formula is C14H17N3O2. The molecular weight excluding hydrogens is 242 g/mol. The number of rotatable bonds is 4. The van der Waals surface area contributed by atoms with Crippen molar-refractivity contribution >= 4 is 11.9 Å². The number of nitrogens with zero attached hydrogens (tertiary/aromatic N) is 1. The highest BCUT2D eigenvalue weighted by Crippen LogP contribution is 2.37. The van der Waals surface area contributed by atoms with Gasteiger partial charge in [-0.1, -0.05) is 24.3 Å². The number of hydrogen-bond acceptors (Lipinski definition) is 3. The van der Waals surface area contributed by atoms with Gasteiger partial charge in [0.25, 0.3) is 0 Å². The molecule has 0 radical (unpaired) electrons. The van der Waals surface area contributed by atoms with Gasteiger partial charge >= 0.3 is 6.03 Å². The Kier molecular flexibility index (Phi) is 2.98. The number of carbonyl (C=O) groups excluding carboxylic acids is 1. The average Bonchev–Trinajstić information content (AvgIpc) is 3.16. The van der Waals surface area contributed by atoms with E-state index in [9.17, 15) is 4.79 Å². The summed E-state index contributed by atoms with van der Waals surface area (Å²) < 4.78 is 5.13. The molecule has 1 heterocycles. The zero-order valence-electron chi connectivity index (χ0n) is 10.8. The molecule has 2 fully saturated rings. The van der Waals surface area contributed by atoms with Crippen molar-refractivity contribution in [3.8, 4) is 0 Å². The molecule has 1 saturated heterocycles. The first-order valence-corrected chi connectivity index (χ1v) is 6.46. The molecule has 2 aliphatic rings. The number of amidine groups is 1. The predicted molar refractivity (Wildman–Crippen MR) is 71.0 cm³/mol. The quantitative estimate of drug-likeness (QED) is 0.869. The minimum Gasteiger partial charge on any atom is -0.380 e. The second kappa shape index (κ2) is 4.66. The molecule has 100 valence electrons. The Morgan fingerprint density at radius 1 is 1.47 bits per heavy atom. The van der Waals surface area contributed by atoms with Gasteiger partial charge in [-0.05, 0) is 24.0 Å². The monoisotopic (exact) mass is 259 g/mol. The Morgan fingerprint density at radius 3 is 2.95 bits per heavy atom. The molecule has 0 bridgehead atoms. The van der Waals surface area contributed by atoms with E-state index in [0.29, 0.717) is 12.6 Å². The maximum absolute atomic E-state index is 11.9. The number of methoxy groups -OCH3 is 1. The summed E-state index contributed by atoms with van der Waals surface area (Å²) >= 11 is 0. The molecule has 2 amide bonds. The smallest absolute Gasteiger partial charge is 0.323 e. The van der Waals surface area contributed by atoms with Crippen molar-refractivity contribution in [2.45, 2.75) is 31.5 Å². The minimum atomic E-state index is -0.267. The van der Waals surface area contributed by atoms with Gasteiger partial charge in [0, 0.05) is 13.2 Å². The molecule has 1 aliphatic heterocycles. The van der Waals surface area contributed by atoms with Crippen LogP contribution in [-0.4, -0.2) is 29.9 Å². The van der Waals surface area contributed by atoms with Crippen LogP contribution in [0.4, 0.5) is 4.79 Å². The molecule has 0 spiro atoms. The van der Waals surface area contributed by atoms with Gasteiger partial charge in [0.15, 0.2) is 0 Å². The van der Waals surface area contributed by atoms with Crippen LogP contribution in [-0.2, 0) is 11.3 Å². The van der Waals surface area contributed by atoms with Crippen molar-refractivity contribution in [1.82, 2.24) is 10.2 Å². The SMILES string of the molecule is COCc1cccc(C2C(=N)NC(=O)N2C2CC2)c1. The van der Waals surface area contributed by atoms with E-state index in [1.54, 1.807) is 12.0 Å². The summed E-state index contributed by atoms with van der Waals surface area (Å²) in [5.41, 5.74) is 2.03. The van der Waals surface area contributed by atoms with Crippen LogP contribution in [0.15, 0.2) is 24.3 Å². The van der Waals surface area contributed by atoms with Crippen LogP contribution in [0.25, 0.3) is 0 Å². The topological polar surface area (TPSA) is 65.4 Å². The van der Waals surface area contributed by atoms with E-state index in [0.717, 1.165) is 24.0 Å². The van der Waals surface area contributed by atoms with Crippen LogP contribution >= 0.6 is 0 Å². The number of amides is 2. The third kappa shape index (κ3) is 2.21. The van der Waals surface area contributed by atoms with Crippen LogP contribution in [0, 0.1) is 5.41 Å². The fourth-order valence-electron chi connectivity index (χ4n) is 2.58. The van der Waals surface area contributed by atoms with E-state index in [1.807, 2.05) is 24.3 Å². The average molecular weight is 259 g/mol. The fraction of sp³-hybridized carbons (Fsp3) is 0.429. The van der Waals surface area contributed by atoms with Crippen molar-refractivity contribution in [2.24, 2.45) is 0 Å². The van der Waals surface area contributed by atoms with Gasteiger partial charge in [0.05, 0.1) is 6.61 Å². The molecule has 1 aliphatic carbocycles. The largest absolute Gasteiger partial charge is 0.380 e. The van der Waals surface area contributed by atoms with Crippen molar-refractivity contribution in [3.63, 3.8) is 0 Å². The van der Waals surface area contributed by atoms with E-state index >= 15 is 0 Å². The molecule has 3 rings (SSSR count). The molecule has 1 aromatic rings. The van der Waals surface area contributed by atoms with Crippen molar-refractivity contribution in [1.29, 1.82) is 5.41 Å². The lowest BCUT2D eigenvalue weighted by Crippen LogP contribution is -2.31. The van der Waals surface area contributed by atoms with Crippen LogP contribution in [0.1, 0.15) is 30.0 Å². The molecule has 1 unspecified atom stereocenters. The normalized spacial score (nSPS) is 22.8. The third-order valence-electron chi connectivity index (χ3n) is 3.55. The molecule has 5 heteroatoms.